The SMILES string of the molecule is Cc1cccc2[nH]nc(-c3cccc(-c4ccn[nH]4)c3)c12. The lowest BCUT2D eigenvalue weighted by molar-refractivity contribution is 1.09. The van der Waals surface area contributed by atoms with E-state index in [0.29, 0.717) is 0 Å². The van der Waals surface area contributed by atoms with Gasteiger partial charge in [-0.2, -0.15) is 10.2 Å². The molecule has 4 heteroatoms. The number of rotatable bonds is 2. The van der Waals surface area contributed by atoms with Gasteiger partial charge in [0.05, 0.1) is 11.2 Å². The molecule has 2 aromatic carbocycles. The quantitative estimate of drug-likeness (QED) is 0.582. The number of aromatic amines is 2. The molecule has 0 aliphatic carbocycles. The summed E-state index contributed by atoms with van der Waals surface area (Å²) in [7, 11) is 0. The maximum Gasteiger partial charge on any atom is 0.100 e. The molecule has 0 aliphatic heterocycles. The molecule has 0 amide bonds. The first-order valence-electron chi connectivity index (χ1n) is 6.87. The number of nitrogens with one attached hydrogen (secondary N) is 2. The molecule has 0 atom stereocenters. The molecule has 21 heavy (non-hydrogen) atoms. The Morgan fingerprint density at radius 1 is 0.905 bits per heavy atom. The van der Waals surface area contributed by atoms with Gasteiger partial charge in [-0.15, -0.1) is 0 Å². The molecule has 0 saturated carbocycles. The summed E-state index contributed by atoms with van der Waals surface area (Å²) in [5.41, 5.74) is 6.50. The predicted octanol–water partition coefficient (Wildman–Crippen LogP) is 3.93. The lowest BCUT2D eigenvalue weighted by Crippen LogP contribution is -1.84. The van der Waals surface area contributed by atoms with E-state index in [2.05, 4.69) is 57.7 Å². The maximum absolute atomic E-state index is 4.50. The molecule has 2 N–H and O–H groups in total. The van der Waals surface area contributed by atoms with E-state index < -0.39 is 0 Å². The zero-order valence-electron chi connectivity index (χ0n) is 11.6. The van der Waals surface area contributed by atoms with Crippen LogP contribution in [0.5, 0.6) is 0 Å². The van der Waals surface area contributed by atoms with Gasteiger partial charge >= 0.3 is 0 Å². The Balaban J connectivity index is 1.91. The monoisotopic (exact) mass is 274 g/mol. The number of aryl methyl sites for hydroxylation is 1. The van der Waals surface area contributed by atoms with Crippen molar-refractivity contribution in [3.8, 4) is 22.5 Å². The Bertz CT molecular complexity index is 904. The van der Waals surface area contributed by atoms with Crippen LogP contribution in [0.4, 0.5) is 0 Å². The number of fused-ring (bicyclic) bond motifs is 1. The van der Waals surface area contributed by atoms with Crippen molar-refractivity contribution in [1.82, 2.24) is 20.4 Å². The summed E-state index contributed by atoms with van der Waals surface area (Å²) in [6.45, 7) is 2.11. The Morgan fingerprint density at radius 3 is 2.62 bits per heavy atom. The summed E-state index contributed by atoms with van der Waals surface area (Å²) in [4.78, 5) is 0. The lowest BCUT2D eigenvalue weighted by Gasteiger charge is -2.03. The number of aromatic nitrogens is 4. The highest BCUT2D eigenvalue weighted by Crippen LogP contribution is 2.30. The van der Waals surface area contributed by atoms with Crippen molar-refractivity contribution in [2.24, 2.45) is 0 Å². The van der Waals surface area contributed by atoms with Crippen LogP contribution in [-0.2, 0) is 0 Å². The van der Waals surface area contributed by atoms with E-state index in [9.17, 15) is 0 Å². The second-order valence-electron chi connectivity index (χ2n) is 5.12. The van der Waals surface area contributed by atoms with Gasteiger partial charge in [-0.25, -0.2) is 0 Å². The molecule has 102 valence electrons. The fraction of sp³-hybridized carbons (Fsp3) is 0.0588. The average molecular weight is 274 g/mol. The molecule has 0 fully saturated rings. The minimum atomic E-state index is 0.990. The van der Waals surface area contributed by atoms with Gasteiger partial charge in [0.25, 0.3) is 0 Å². The minimum absolute atomic E-state index is 0.990. The normalized spacial score (nSPS) is 11.1. The molecule has 0 aliphatic rings. The summed E-state index contributed by atoms with van der Waals surface area (Å²) in [5, 5.41) is 15.8. The van der Waals surface area contributed by atoms with Crippen molar-refractivity contribution in [3.63, 3.8) is 0 Å². The zero-order chi connectivity index (χ0) is 14.2. The van der Waals surface area contributed by atoms with Crippen molar-refractivity contribution in [2.75, 3.05) is 0 Å². The number of hydrogen-bond acceptors (Lipinski definition) is 2. The standard InChI is InChI=1S/C17H14N4/c1-11-4-2-7-15-16(11)17(21-20-15)13-6-3-5-12(10-13)14-8-9-18-19-14/h2-10H,1H3,(H,18,19)(H,20,21). The molecular formula is C17H14N4. The number of nitrogens with zero attached hydrogens (tertiary/aromatic N) is 2. The van der Waals surface area contributed by atoms with Gasteiger partial charge in [0, 0.05) is 22.7 Å². The van der Waals surface area contributed by atoms with Crippen molar-refractivity contribution in [1.29, 1.82) is 0 Å². The van der Waals surface area contributed by atoms with Crippen LogP contribution in [0, 0.1) is 6.92 Å². The largest absolute Gasteiger partial charge is 0.278 e. The van der Waals surface area contributed by atoms with Gasteiger partial charge < -0.3 is 0 Å². The summed E-state index contributed by atoms with van der Waals surface area (Å²) in [5.74, 6) is 0. The zero-order valence-corrected chi connectivity index (χ0v) is 11.6. The van der Waals surface area contributed by atoms with Crippen LogP contribution in [-0.4, -0.2) is 20.4 Å². The van der Waals surface area contributed by atoms with Gasteiger partial charge in [0.2, 0.25) is 0 Å². The third-order valence-corrected chi connectivity index (χ3v) is 3.75. The highest BCUT2D eigenvalue weighted by atomic mass is 15.1. The van der Waals surface area contributed by atoms with Crippen LogP contribution in [0.15, 0.2) is 54.7 Å². The van der Waals surface area contributed by atoms with Crippen molar-refractivity contribution in [3.05, 3.63) is 60.3 Å². The second kappa shape index (κ2) is 4.59. The molecule has 4 aromatic rings. The highest BCUT2D eigenvalue weighted by molar-refractivity contribution is 5.95. The maximum atomic E-state index is 4.50. The Morgan fingerprint density at radius 2 is 1.76 bits per heavy atom. The van der Waals surface area contributed by atoms with E-state index in [1.165, 1.54) is 10.9 Å². The van der Waals surface area contributed by atoms with E-state index in [0.717, 1.165) is 28.0 Å². The molecule has 2 aromatic heterocycles. The molecule has 0 spiro atoms. The number of hydrogen-bond donors (Lipinski definition) is 2. The van der Waals surface area contributed by atoms with Crippen molar-refractivity contribution >= 4 is 10.9 Å². The topological polar surface area (TPSA) is 57.4 Å². The molecule has 4 nitrogen and oxygen atoms in total. The highest BCUT2D eigenvalue weighted by Gasteiger charge is 2.11. The Kier molecular flexibility index (Phi) is 2.60. The van der Waals surface area contributed by atoms with Crippen molar-refractivity contribution in [2.45, 2.75) is 6.92 Å². The van der Waals surface area contributed by atoms with Gasteiger partial charge in [0.15, 0.2) is 0 Å². The fourth-order valence-corrected chi connectivity index (χ4v) is 2.71. The number of H-pyrrole nitrogens is 2. The van der Waals surface area contributed by atoms with E-state index >= 15 is 0 Å². The van der Waals surface area contributed by atoms with Crippen LogP contribution in [0.25, 0.3) is 33.4 Å². The lowest BCUT2D eigenvalue weighted by atomic mass is 10.0. The first kappa shape index (κ1) is 11.9. The summed E-state index contributed by atoms with van der Waals surface area (Å²) >= 11 is 0. The Hall–Kier alpha value is -2.88. The van der Waals surface area contributed by atoms with Gasteiger partial charge in [-0.1, -0.05) is 30.3 Å². The molecule has 0 bridgehead atoms. The van der Waals surface area contributed by atoms with Crippen LogP contribution in [0.1, 0.15) is 5.56 Å². The Labute approximate surface area is 121 Å². The molecular weight excluding hydrogens is 260 g/mol. The summed E-state index contributed by atoms with van der Waals surface area (Å²) in [6, 6.07) is 16.5. The first-order chi connectivity index (χ1) is 10.3. The van der Waals surface area contributed by atoms with Crippen molar-refractivity contribution < 1.29 is 0 Å². The van der Waals surface area contributed by atoms with E-state index in [1.54, 1.807) is 6.20 Å². The molecule has 0 unspecified atom stereocenters. The van der Waals surface area contributed by atoms with Gasteiger partial charge in [-0.05, 0) is 30.7 Å². The smallest absolute Gasteiger partial charge is 0.100 e. The molecule has 4 rings (SSSR count). The van der Waals surface area contributed by atoms with E-state index in [1.807, 2.05) is 18.2 Å². The first-order valence-corrected chi connectivity index (χ1v) is 6.87. The van der Waals surface area contributed by atoms with E-state index in [4.69, 9.17) is 0 Å². The average Bonchev–Trinajstić information content (AvgIpc) is 3.18. The third kappa shape index (κ3) is 1.92. The molecule has 0 radical (unpaired) electrons. The van der Waals surface area contributed by atoms with Gasteiger partial charge in [0.1, 0.15) is 5.69 Å². The van der Waals surface area contributed by atoms with Crippen LogP contribution < -0.4 is 0 Å². The molecule has 0 saturated heterocycles. The molecule has 2 heterocycles. The van der Waals surface area contributed by atoms with Gasteiger partial charge in [-0.3, -0.25) is 10.2 Å². The fourth-order valence-electron chi connectivity index (χ4n) is 2.71. The van der Waals surface area contributed by atoms with E-state index in [-0.39, 0.29) is 0 Å². The second-order valence-corrected chi connectivity index (χ2v) is 5.12. The summed E-state index contributed by atoms with van der Waals surface area (Å²) in [6.07, 6.45) is 1.76. The van der Waals surface area contributed by atoms with Crippen LogP contribution >= 0.6 is 0 Å². The van der Waals surface area contributed by atoms with Crippen LogP contribution in [0.3, 0.4) is 0 Å². The summed E-state index contributed by atoms with van der Waals surface area (Å²) < 4.78 is 0. The number of benzene rings is 2. The third-order valence-electron chi connectivity index (χ3n) is 3.75. The predicted molar refractivity (Wildman–Crippen MR) is 83.8 cm³/mol. The van der Waals surface area contributed by atoms with Crippen LogP contribution in [0.2, 0.25) is 0 Å². The minimum Gasteiger partial charge on any atom is -0.278 e.